The van der Waals surface area contributed by atoms with E-state index in [4.69, 9.17) is 4.74 Å². The van der Waals surface area contributed by atoms with E-state index in [9.17, 15) is 18.0 Å². The van der Waals surface area contributed by atoms with E-state index >= 15 is 0 Å². The molecule has 1 saturated heterocycles. The number of nitrogens with zero attached hydrogens (tertiary/aromatic N) is 3. The number of hydrogen-bond acceptors (Lipinski definition) is 4. The van der Waals surface area contributed by atoms with E-state index in [1.54, 1.807) is 29.2 Å². The third kappa shape index (κ3) is 3.97. The number of anilines is 1. The van der Waals surface area contributed by atoms with Crippen molar-refractivity contribution < 1.29 is 22.7 Å². The van der Waals surface area contributed by atoms with Gasteiger partial charge in [-0.05, 0) is 30.5 Å². The van der Waals surface area contributed by atoms with Crippen LogP contribution in [0.15, 0.2) is 30.5 Å². The van der Waals surface area contributed by atoms with Crippen LogP contribution in [0.1, 0.15) is 60.1 Å². The lowest BCUT2D eigenvalue weighted by Crippen LogP contribution is -2.37. The Labute approximate surface area is 173 Å². The normalized spacial score (nSPS) is 22.1. The van der Waals surface area contributed by atoms with Gasteiger partial charge in [-0.25, -0.2) is 4.68 Å². The molecule has 1 fully saturated rings. The second-order valence-corrected chi connectivity index (χ2v) is 7.82. The van der Waals surface area contributed by atoms with Crippen LogP contribution in [0.4, 0.5) is 19.0 Å². The first-order valence-electron chi connectivity index (χ1n) is 10.2. The molecule has 1 N–H and O–H groups in total. The summed E-state index contributed by atoms with van der Waals surface area (Å²) in [5, 5.41) is 7.12. The van der Waals surface area contributed by atoms with E-state index in [0.717, 1.165) is 30.4 Å². The molecule has 2 aliphatic heterocycles. The maximum Gasteiger partial charge on any atom is 0.410 e. The Morgan fingerprint density at radius 2 is 1.93 bits per heavy atom. The van der Waals surface area contributed by atoms with Crippen molar-refractivity contribution in [3.63, 3.8) is 0 Å². The second-order valence-electron chi connectivity index (χ2n) is 7.82. The van der Waals surface area contributed by atoms with Gasteiger partial charge < -0.3 is 15.0 Å². The number of benzene rings is 1. The zero-order valence-electron chi connectivity index (χ0n) is 16.8. The lowest BCUT2D eigenvalue weighted by Gasteiger charge is -2.34. The van der Waals surface area contributed by atoms with Gasteiger partial charge in [0.15, 0.2) is 6.04 Å². The fourth-order valence-electron chi connectivity index (χ4n) is 4.24. The summed E-state index contributed by atoms with van der Waals surface area (Å²) < 4.78 is 47.7. The number of fused-ring (bicyclic) bond motifs is 1. The minimum atomic E-state index is -4.48. The van der Waals surface area contributed by atoms with Crippen molar-refractivity contribution in [3.05, 3.63) is 41.6 Å². The number of methoxy groups -OCH3 is 1. The fourth-order valence-corrected chi connectivity index (χ4v) is 4.24. The Balaban J connectivity index is 1.70. The molecule has 1 aromatic carbocycles. The first-order valence-corrected chi connectivity index (χ1v) is 10.2. The van der Waals surface area contributed by atoms with Gasteiger partial charge in [-0.1, -0.05) is 25.0 Å². The fraction of sp³-hybridized carbons (Fsp3) is 0.524. The number of carbonyl (C=O) groups is 1. The molecule has 162 valence electrons. The van der Waals surface area contributed by atoms with Crippen LogP contribution in [0.3, 0.4) is 0 Å². The summed E-state index contributed by atoms with van der Waals surface area (Å²) in [6, 6.07) is 4.53. The van der Waals surface area contributed by atoms with Gasteiger partial charge in [-0.3, -0.25) is 4.79 Å². The van der Waals surface area contributed by atoms with Crippen molar-refractivity contribution in [2.24, 2.45) is 0 Å². The molecule has 0 saturated carbocycles. The van der Waals surface area contributed by atoms with E-state index in [2.05, 4.69) is 10.4 Å². The van der Waals surface area contributed by atoms with E-state index in [-0.39, 0.29) is 23.7 Å². The van der Waals surface area contributed by atoms with Gasteiger partial charge in [-0.2, -0.15) is 18.3 Å². The van der Waals surface area contributed by atoms with Crippen LogP contribution in [-0.2, 0) is 0 Å². The average Bonchev–Trinajstić information content (AvgIpc) is 2.97. The molecule has 6 nitrogen and oxygen atoms in total. The van der Waals surface area contributed by atoms with Gasteiger partial charge in [-0.15, -0.1) is 0 Å². The van der Waals surface area contributed by atoms with E-state index in [0.29, 0.717) is 24.4 Å². The highest BCUT2D eigenvalue weighted by atomic mass is 19.4. The van der Waals surface area contributed by atoms with E-state index < -0.39 is 18.3 Å². The molecule has 30 heavy (non-hydrogen) atoms. The van der Waals surface area contributed by atoms with Crippen molar-refractivity contribution in [2.75, 3.05) is 25.5 Å². The Bertz CT molecular complexity index is 904. The van der Waals surface area contributed by atoms with Gasteiger partial charge in [0.25, 0.3) is 5.91 Å². The number of alkyl halides is 3. The van der Waals surface area contributed by atoms with Crippen molar-refractivity contribution in [2.45, 2.75) is 50.4 Å². The Hall–Kier alpha value is -2.71. The van der Waals surface area contributed by atoms with Crippen LogP contribution < -0.4 is 10.1 Å². The van der Waals surface area contributed by atoms with Gasteiger partial charge in [0.05, 0.1) is 19.3 Å². The quantitative estimate of drug-likeness (QED) is 0.787. The van der Waals surface area contributed by atoms with Crippen molar-refractivity contribution in [3.8, 4) is 5.75 Å². The molecule has 1 amide bonds. The summed E-state index contributed by atoms with van der Waals surface area (Å²) in [6.45, 7) is 1.23. The molecule has 3 heterocycles. The highest BCUT2D eigenvalue weighted by Gasteiger charge is 2.47. The topological polar surface area (TPSA) is 59.4 Å². The minimum Gasteiger partial charge on any atom is -0.497 e. The zero-order valence-corrected chi connectivity index (χ0v) is 16.8. The van der Waals surface area contributed by atoms with Gasteiger partial charge in [0, 0.05) is 19.5 Å². The monoisotopic (exact) mass is 422 g/mol. The predicted octanol–water partition coefficient (Wildman–Crippen LogP) is 4.57. The largest absolute Gasteiger partial charge is 0.497 e. The molecule has 2 aromatic rings. The lowest BCUT2D eigenvalue weighted by molar-refractivity contribution is -0.173. The first kappa shape index (κ1) is 20.6. The molecule has 0 bridgehead atoms. The van der Waals surface area contributed by atoms with Crippen LogP contribution in [0, 0.1) is 0 Å². The van der Waals surface area contributed by atoms with Crippen LogP contribution in [0.2, 0.25) is 0 Å². The Kier molecular flexibility index (Phi) is 5.62. The first-order chi connectivity index (χ1) is 14.4. The number of amides is 1. The molecule has 2 atom stereocenters. The van der Waals surface area contributed by atoms with Gasteiger partial charge >= 0.3 is 6.18 Å². The number of ether oxygens (including phenoxy) is 1. The van der Waals surface area contributed by atoms with Gasteiger partial charge in [0.1, 0.15) is 17.1 Å². The molecule has 0 spiro atoms. The maximum absolute atomic E-state index is 13.9. The number of halogens is 3. The summed E-state index contributed by atoms with van der Waals surface area (Å²) in [4.78, 5) is 14.8. The molecule has 0 aliphatic carbocycles. The summed E-state index contributed by atoms with van der Waals surface area (Å²) >= 11 is 0. The second kappa shape index (κ2) is 8.20. The lowest BCUT2D eigenvalue weighted by atomic mass is 9.96. The maximum atomic E-state index is 13.9. The van der Waals surface area contributed by atoms with Crippen LogP contribution >= 0.6 is 0 Å². The number of likely N-dealkylation sites (tertiary alicyclic amines) is 1. The SMILES string of the molecule is COc1cccc([C@@H]2C[C@H](C(F)(F)F)n3ncc(C(=O)N4CCCCCC4)c3N2)c1. The zero-order chi connectivity index (χ0) is 21.3. The van der Waals surface area contributed by atoms with Crippen molar-refractivity contribution >= 4 is 11.7 Å². The number of aromatic nitrogens is 2. The summed E-state index contributed by atoms with van der Waals surface area (Å²) in [5.74, 6) is 0.432. The standard InChI is InChI=1S/C21H25F3N4O2/c1-30-15-8-6-7-14(11-15)17-12-18(21(22,23)24)28-19(26-17)16(13-25-28)20(29)27-9-4-2-3-5-10-27/h6-8,11,13,17-18,26H,2-5,9-10,12H2,1H3/t17-,18+/m0/s1. The highest BCUT2D eigenvalue weighted by molar-refractivity contribution is 5.99. The molecular weight excluding hydrogens is 397 g/mol. The van der Waals surface area contributed by atoms with Crippen molar-refractivity contribution in [1.82, 2.24) is 14.7 Å². The smallest absolute Gasteiger partial charge is 0.410 e. The van der Waals surface area contributed by atoms with Crippen LogP contribution in [-0.4, -0.2) is 47.0 Å². The minimum absolute atomic E-state index is 0.130. The third-order valence-corrected chi connectivity index (χ3v) is 5.86. The summed E-state index contributed by atoms with van der Waals surface area (Å²) in [6.07, 6.45) is 0.485. The molecule has 0 radical (unpaired) electrons. The van der Waals surface area contributed by atoms with Crippen molar-refractivity contribution in [1.29, 1.82) is 0 Å². The highest BCUT2D eigenvalue weighted by Crippen LogP contribution is 2.44. The summed E-state index contributed by atoms with van der Waals surface area (Å²) in [5.41, 5.74) is 0.864. The molecule has 4 rings (SSSR count). The third-order valence-electron chi connectivity index (χ3n) is 5.86. The summed E-state index contributed by atoms with van der Waals surface area (Å²) in [7, 11) is 1.51. The predicted molar refractivity (Wildman–Crippen MR) is 106 cm³/mol. The molecule has 0 unspecified atom stereocenters. The number of carbonyl (C=O) groups excluding carboxylic acids is 1. The number of nitrogens with one attached hydrogen (secondary N) is 1. The van der Waals surface area contributed by atoms with Crippen LogP contribution in [0.5, 0.6) is 5.75 Å². The van der Waals surface area contributed by atoms with E-state index in [1.807, 2.05) is 0 Å². The molecule has 1 aromatic heterocycles. The molecular formula is C21H25F3N4O2. The number of hydrogen-bond donors (Lipinski definition) is 1. The molecule has 2 aliphatic rings. The Morgan fingerprint density at radius 1 is 1.20 bits per heavy atom. The Morgan fingerprint density at radius 3 is 2.60 bits per heavy atom. The number of rotatable bonds is 3. The average molecular weight is 422 g/mol. The van der Waals surface area contributed by atoms with Crippen LogP contribution in [0.25, 0.3) is 0 Å². The van der Waals surface area contributed by atoms with E-state index in [1.165, 1.54) is 13.3 Å². The molecule has 9 heteroatoms. The van der Waals surface area contributed by atoms with Gasteiger partial charge in [0.2, 0.25) is 0 Å².